The monoisotopic (exact) mass is 514 g/mol. The van der Waals surface area contributed by atoms with Gasteiger partial charge in [0.25, 0.3) is 5.91 Å². The largest absolute Gasteiger partial charge is 0.378 e. The van der Waals surface area contributed by atoms with Crippen molar-refractivity contribution in [1.82, 2.24) is 10.2 Å². The third kappa shape index (κ3) is 6.21. The number of anilines is 2. The molecular weight excluding hydrogens is 484 g/mol. The van der Waals surface area contributed by atoms with Crippen LogP contribution in [-0.2, 0) is 30.9 Å². The number of sulfonamides is 1. The lowest BCUT2D eigenvalue weighted by Gasteiger charge is -2.27. The van der Waals surface area contributed by atoms with Crippen molar-refractivity contribution in [3.8, 4) is 0 Å². The molecule has 0 bridgehead atoms. The molecular formula is C25H30N4O6S. The Morgan fingerprint density at radius 2 is 1.78 bits per heavy atom. The van der Waals surface area contributed by atoms with E-state index in [1.54, 1.807) is 21.9 Å². The third-order valence-electron chi connectivity index (χ3n) is 6.17. The van der Waals surface area contributed by atoms with Crippen LogP contribution in [0.2, 0.25) is 0 Å². The first kappa shape index (κ1) is 25.6. The lowest BCUT2D eigenvalue weighted by atomic mass is 10.1. The first-order chi connectivity index (χ1) is 17.2. The summed E-state index contributed by atoms with van der Waals surface area (Å²) in [5.41, 5.74) is 2.32. The van der Waals surface area contributed by atoms with Crippen LogP contribution in [0, 0.1) is 0 Å². The van der Waals surface area contributed by atoms with Crippen molar-refractivity contribution in [2.75, 3.05) is 54.9 Å². The van der Waals surface area contributed by atoms with E-state index in [1.807, 2.05) is 24.3 Å². The van der Waals surface area contributed by atoms with Crippen LogP contribution in [-0.4, -0.2) is 76.7 Å². The van der Waals surface area contributed by atoms with Gasteiger partial charge in [-0.25, -0.2) is 8.42 Å². The summed E-state index contributed by atoms with van der Waals surface area (Å²) in [4.78, 5) is 40.7. The van der Waals surface area contributed by atoms with Crippen molar-refractivity contribution >= 4 is 39.1 Å². The van der Waals surface area contributed by atoms with Gasteiger partial charge in [0.1, 0.15) is 6.54 Å². The molecule has 10 nitrogen and oxygen atoms in total. The van der Waals surface area contributed by atoms with Crippen LogP contribution in [0.5, 0.6) is 0 Å². The van der Waals surface area contributed by atoms with Gasteiger partial charge >= 0.3 is 0 Å². The highest BCUT2D eigenvalue weighted by molar-refractivity contribution is 7.92. The molecule has 2 aromatic carbocycles. The zero-order valence-electron chi connectivity index (χ0n) is 20.2. The average molecular weight is 515 g/mol. The number of morpholine rings is 1. The summed E-state index contributed by atoms with van der Waals surface area (Å²) in [6.45, 7) is 2.46. The second-order valence-corrected chi connectivity index (χ2v) is 10.7. The third-order valence-corrected chi connectivity index (χ3v) is 7.31. The number of hydrogen-bond acceptors (Lipinski definition) is 6. The van der Waals surface area contributed by atoms with E-state index in [0.29, 0.717) is 50.5 Å². The Morgan fingerprint density at radius 3 is 2.42 bits per heavy atom. The number of amides is 3. The van der Waals surface area contributed by atoms with E-state index in [1.165, 1.54) is 12.1 Å². The SMILES string of the molecule is CS(=O)(=O)N(CC(=O)NCc1cccc(N2CCCC2=O)c1)c1ccc(C(=O)N2CCOCC2)cc1. The Balaban J connectivity index is 1.39. The van der Waals surface area contributed by atoms with E-state index in [-0.39, 0.29) is 18.4 Å². The van der Waals surface area contributed by atoms with Gasteiger partial charge in [-0.15, -0.1) is 0 Å². The number of benzene rings is 2. The Kier molecular flexibility index (Phi) is 7.90. The molecule has 11 heteroatoms. The summed E-state index contributed by atoms with van der Waals surface area (Å²) in [6.07, 6.45) is 2.39. The van der Waals surface area contributed by atoms with Crippen molar-refractivity contribution < 1.29 is 27.5 Å². The van der Waals surface area contributed by atoms with Gasteiger partial charge in [-0.05, 0) is 48.4 Å². The fourth-order valence-electron chi connectivity index (χ4n) is 4.26. The van der Waals surface area contributed by atoms with E-state index in [4.69, 9.17) is 4.74 Å². The van der Waals surface area contributed by atoms with Crippen LogP contribution < -0.4 is 14.5 Å². The van der Waals surface area contributed by atoms with Gasteiger partial charge in [0, 0.05) is 43.9 Å². The normalized spacial score (nSPS) is 16.2. The standard InChI is InChI=1S/C25H30N4O6S/c1-36(33,34)29(21-9-7-20(8-10-21)25(32)27-12-14-35-15-13-27)18-23(30)26-17-19-4-2-5-22(16-19)28-11-3-6-24(28)31/h2,4-5,7-10,16H,3,6,11-15,17-18H2,1H3,(H,26,30). The maximum absolute atomic E-state index is 12.7. The molecule has 192 valence electrons. The summed E-state index contributed by atoms with van der Waals surface area (Å²) in [5.74, 6) is -0.541. The van der Waals surface area contributed by atoms with E-state index in [9.17, 15) is 22.8 Å². The summed E-state index contributed by atoms with van der Waals surface area (Å²) < 4.78 is 31.2. The number of carbonyl (C=O) groups is 3. The van der Waals surface area contributed by atoms with Crippen LogP contribution >= 0.6 is 0 Å². The smallest absolute Gasteiger partial charge is 0.254 e. The molecule has 3 amide bonds. The molecule has 2 saturated heterocycles. The quantitative estimate of drug-likeness (QED) is 0.569. The first-order valence-electron chi connectivity index (χ1n) is 11.8. The molecule has 2 heterocycles. The highest BCUT2D eigenvalue weighted by atomic mass is 32.2. The minimum absolute atomic E-state index is 0.0812. The number of hydrogen-bond donors (Lipinski definition) is 1. The van der Waals surface area contributed by atoms with Crippen LogP contribution in [0.3, 0.4) is 0 Å². The minimum Gasteiger partial charge on any atom is -0.378 e. The van der Waals surface area contributed by atoms with Gasteiger partial charge in [0.15, 0.2) is 0 Å². The summed E-state index contributed by atoms with van der Waals surface area (Å²) in [5, 5.41) is 2.75. The Bertz CT molecular complexity index is 1230. The molecule has 2 fully saturated rings. The maximum Gasteiger partial charge on any atom is 0.254 e. The second kappa shape index (κ2) is 11.1. The number of rotatable bonds is 8. The van der Waals surface area contributed by atoms with Crippen molar-refractivity contribution in [2.24, 2.45) is 0 Å². The predicted octanol–water partition coefficient (Wildman–Crippen LogP) is 1.37. The fourth-order valence-corrected chi connectivity index (χ4v) is 5.12. The van der Waals surface area contributed by atoms with Gasteiger partial charge in [0.2, 0.25) is 21.8 Å². The maximum atomic E-state index is 12.7. The van der Waals surface area contributed by atoms with Crippen molar-refractivity contribution in [3.05, 3.63) is 59.7 Å². The molecule has 2 aromatic rings. The van der Waals surface area contributed by atoms with Gasteiger partial charge in [0.05, 0.1) is 25.2 Å². The number of carbonyl (C=O) groups excluding carboxylic acids is 3. The molecule has 0 unspecified atom stereocenters. The summed E-state index contributed by atoms with van der Waals surface area (Å²) in [6, 6.07) is 13.5. The summed E-state index contributed by atoms with van der Waals surface area (Å²) >= 11 is 0. The van der Waals surface area contributed by atoms with Crippen molar-refractivity contribution in [3.63, 3.8) is 0 Å². The van der Waals surface area contributed by atoms with E-state index < -0.39 is 22.5 Å². The molecule has 4 rings (SSSR count). The fraction of sp³-hybridized carbons (Fsp3) is 0.400. The van der Waals surface area contributed by atoms with E-state index in [0.717, 1.165) is 28.2 Å². The highest BCUT2D eigenvalue weighted by Gasteiger charge is 2.24. The van der Waals surface area contributed by atoms with Crippen LogP contribution in [0.4, 0.5) is 11.4 Å². The van der Waals surface area contributed by atoms with E-state index in [2.05, 4.69) is 5.32 Å². The second-order valence-electron chi connectivity index (χ2n) is 8.82. The zero-order chi connectivity index (χ0) is 25.7. The van der Waals surface area contributed by atoms with Crippen molar-refractivity contribution in [1.29, 1.82) is 0 Å². The van der Waals surface area contributed by atoms with Gasteiger partial charge < -0.3 is 19.9 Å². The molecule has 0 spiro atoms. The molecule has 0 saturated carbocycles. The lowest BCUT2D eigenvalue weighted by Crippen LogP contribution is -2.41. The van der Waals surface area contributed by atoms with Crippen LogP contribution in [0.25, 0.3) is 0 Å². The first-order valence-corrected chi connectivity index (χ1v) is 13.7. The topological polar surface area (TPSA) is 116 Å². The van der Waals surface area contributed by atoms with Crippen molar-refractivity contribution in [2.45, 2.75) is 19.4 Å². The number of nitrogens with one attached hydrogen (secondary N) is 1. The molecule has 0 aliphatic carbocycles. The minimum atomic E-state index is -3.76. The number of ether oxygens (including phenoxy) is 1. The van der Waals surface area contributed by atoms with Crippen LogP contribution in [0.1, 0.15) is 28.8 Å². The average Bonchev–Trinajstić information content (AvgIpc) is 3.31. The summed E-state index contributed by atoms with van der Waals surface area (Å²) in [7, 11) is -3.76. The Labute approximate surface area is 210 Å². The molecule has 0 aromatic heterocycles. The molecule has 1 N–H and O–H groups in total. The molecule has 2 aliphatic rings. The Hall–Kier alpha value is -3.44. The Morgan fingerprint density at radius 1 is 1.06 bits per heavy atom. The molecule has 36 heavy (non-hydrogen) atoms. The van der Waals surface area contributed by atoms with Gasteiger partial charge in [-0.1, -0.05) is 12.1 Å². The molecule has 0 atom stereocenters. The van der Waals surface area contributed by atoms with Crippen LogP contribution in [0.15, 0.2) is 48.5 Å². The predicted molar refractivity (Wildman–Crippen MR) is 135 cm³/mol. The molecule has 0 radical (unpaired) electrons. The van der Waals surface area contributed by atoms with Gasteiger partial charge in [-0.2, -0.15) is 0 Å². The van der Waals surface area contributed by atoms with E-state index >= 15 is 0 Å². The molecule has 2 aliphatic heterocycles. The highest BCUT2D eigenvalue weighted by Crippen LogP contribution is 2.23. The lowest BCUT2D eigenvalue weighted by molar-refractivity contribution is -0.120. The van der Waals surface area contributed by atoms with Gasteiger partial charge in [-0.3, -0.25) is 18.7 Å². The zero-order valence-corrected chi connectivity index (χ0v) is 21.0. The number of nitrogens with zero attached hydrogens (tertiary/aromatic N) is 3.